The largest absolute Gasteiger partial charge is 0.464 e. The maximum absolute atomic E-state index is 12.5. The van der Waals surface area contributed by atoms with E-state index in [-0.39, 0.29) is 5.97 Å². The predicted molar refractivity (Wildman–Crippen MR) is 81.8 cm³/mol. The first-order valence-corrected chi connectivity index (χ1v) is 7.58. The quantitative estimate of drug-likeness (QED) is 0.846. The van der Waals surface area contributed by atoms with Gasteiger partial charge in [-0.15, -0.1) is 0 Å². The molecule has 110 valence electrons. The molecule has 1 N–H and O–H groups in total. The molecule has 0 spiro atoms. The van der Waals surface area contributed by atoms with Crippen LogP contribution in [0.4, 0.5) is 5.69 Å². The average Bonchev–Trinajstić information content (AvgIpc) is 2.44. The lowest BCUT2D eigenvalue weighted by atomic mass is 9.77. The Morgan fingerprint density at radius 3 is 2.60 bits per heavy atom. The van der Waals surface area contributed by atoms with Crippen molar-refractivity contribution in [2.45, 2.75) is 52.0 Å². The molecule has 0 amide bonds. The van der Waals surface area contributed by atoms with Crippen molar-refractivity contribution >= 4 is 11.7 Å². The Labute approximate surface area is 121 Å². The number of para-hydroxylation sites is 1. The van der Waals surface area contributed by atoms with Gasteiger partial charge in [-0.1, -0.05) is 25.1 Å². The summed E-state index contributed by atoms with van der Waals surface area (Å²) in [5.74, 6) is 0.589. The molecule has 0 bridgehead atoms. The number of nitrogens with one attached hydrogen (secondary N) is 1. The fourth-order valence-corrected chi connectivity index (χ4v) is 2.88. The van der Waals surface area contributed by atoms with Crippen molar-refractivity contribution < 1.29 is 9.53 Å². The van der Waals surface area contributed by atoms with Crippen molar-refractivity contribution in [1.29, 1.82) is 0 Å². The van der Waals surface area contributed by atoms with Gasteiger partial charge in [-0.3, -0.25) is 0 Å². The van der Waals surface area contributed by atoms with Crippen LogP contribution in [0.3, 0.4) is 0 Å². The van der Waals surface area contributed by atoms with Crippen LogP contribution in [-0.4, -0.2) is 18.1 Å². The van der Waals surface area contributed by atoms with Gasteiger partial charge in [0, 0.05) is 5.69 Å². The molecule has 1 aliphatic rings. The number of hydrogen-bond acceptors (Lipinski definition) is 3. The minimum absolute atomic E-state index is 0.102. The van der Waals surface area contributed by atoms with Gasteiger partial charge in [0.2, 0.25) is 0 Å². The summed E-state index contributed by atoms with van der Waals surface area (Å²) in [6.45, 7) is 6.62. The summed E-state index contributed by atoms with van der Waals surface area (Å²) in [5.41, 5.74) is 1.65. The maximum Gasteiger partial charge on any atom is 0.331 e. The molecule has 1 saturated carbocycles. The van der Waals surface area contributed by atoms with E-state index < -0.39 is 5.54 Å². The second-order valence-corrected chi connectivity index (χ2v) is 5.93. The minimum atomic E-state index is -0.547. The number of hydrogen-bond donors (Lipinski definition) is 1. The Hall–Kier alpha value is -1.51. The Kier molecular flexibility index (Phi) is 4.69. The third-order valence-corrected chi connectivity index (χ3v) is 4.31. The zero-order chi connectivity index (χ0) is 14.6. The molecule has 0 radical (unpaired) electrons. The molecule has 3 heteroatoms. The molecule has 0 aliphatic heterocycles. The third-order valence-electron chi connectivity index (χ3n) is 4.31. The van der Waals surface area contributed by atoms with E-state index in [1.54, 1.807) is 0 Å². The number of rotatable bonds is 4. The van der Waals surface area contributed by atoms with Gasteiger partial charge in [0.1, 0.15) is 5.54 Å². The summed E-state index contributed by atoms with van der Waals surface area (Å²) in [4.78, 5) is 12.5. The Morgan fingerprint density at radius 2 is 2.00 bits per heavy atom. The molecule has 1 aromatic carbocycles. The highest BCUT2D eigenvalue weighted by Gasteiger charge is 2.42. The van der Waals surface area contributed by atoms with Gasteiger partial charge in [-0.25, -0.2) is 4.79 Å². The smallest absolute Gasteiger partial charge is 0.331 e. The number of benzene rings is 1. The van der Waals surface area contributed by atoms with E-state index >= 15 is 0 Å². The van der Waals surface area contributed by atoms with Crippen molar-refractivity contribution in [3.8, 4) is 0 Å². The van der Waals surface area contributed by atoms with Gasteiger partial charge in [0.05, 0.1) is 6.61 Å². The fraction of sp³-hybridized carbons (Fsp3) is 0.588. The highest BCUT2D eigenvalue weighted by atomic mass is 16.5. The van der Waals surface area contributed by atoms with E-state index in [0.29, 0.717) is 12.5 Å². The number of esters is 1. The summed E-state index contributed by atoms with van der Waals surface area (Å²) in [7, 11) is 0. The second-order valence-electron chi connectivity index (χ2n) is 5.93. The van der Waals surface area contributed by atoms with E-state index in [1.165, 1.54) is 0 Å². The van der Waals surface area contributed by atoms with Gasteiger partial charge in [-0.2, -0.15) is 0 Å². The lowest BCUT2D eigenvalue weighted by Gasteiger charge is -2.39. The van der Waals surface area contributed by atoms with Crippen LogP contribution in [-0.2, 0) is 9.53 Å². The van der Waals surface area contributed by atoms with Crippen molar-refractivity contribution in [2.24, 2.45) is 5.92 Å². The summed E-state index contributed by atoms with van der Waals surface area (Å²) < 4.78 is 5.33. The van der Waals surface area contributed by atoms with Crippen LogP contribution >= 0.6 is 0 Å². The predicted octanol–water partition coefficient (Wildman–Crippen LogP) is 3.92. The van der Waals surface area contributed by atoms with Gasteiger partial charge >= 0.3 is 5.97 Å². The average molecular weight is 275 g/mol. The molecule has 0 atom stereocenters. The first-order chi connectivity index (χ1) is 9.57. The van der Waals surface area contributed by atoms with Gasteiger partial charge < -0.3 is 10.1 Å². The van der Waals surface area contributed by atoms with E-state index in [2.05, 4.69) is 25.2 Å². The summed E-state index contributed by atoms with van der Waals surface area (Å²) in [6.07, 6.45) is 3.83. The lowest BCUT2D eigenvalue weighted by Crippen LogP contribution is -2.50. The van der Waals surface area contributed by atoms with E-state index in [9.17, 15) is 4.79 Å². The molecular formula is C17H25NO2. The summed E-state index contributed by atoms with van der Waals surface area (Å²) >= 11 is 0. The van der Waals surface area contributed by atoms with Crippen molar-refractivity contribution in [1.82, 2.24) is 0 Å². The molecule has 1 fully saturated rings. The second kappa shape index (κ2) is 6.29. The monoisotopic (exact) mass is 275 g/mol. The molecule has 1 aromatic rings. The van der Waals surface area contributed by atoms with Crippen molar-refractivity contribution in [3.63, 3.8) is 0 Å². The molecule has 3 nitrogen and oxygen atoms in total. The molecule has 0 aromatic heterocycles. The summed E-state index contributed by atoms with van der Waals surface area (Å²) in [6, 6.07) is 8.11. The van der Waals surface area contributed by atoms with Crippen LogP contribution in [0, 0.1) is 12.8 Å². The van der Waals surface area contributed by atoms with Gasteiger partial charge in [-0.05, 0) is 57.1 Å². The number of anilines is 1. The van der Waals surface area contributed by atoms with Crippen molar-refractivity contribution in [2.75, 3.05) is 11.9 Å². The topological polar surface area (TPSA) is 38.3 Å². The van der Waals surface area contributed by atoms with Gasteiger partial charge in [0.25, 0.3) is 0 Å². The number of carbonyl (C=O) groups is 1. The van der Waals surface area contributed by atoms with Crippen LogP contribution in [0.15, 0.2) is 24.3 Å². The lowest BCUT2D eigenvalue weighted by molar-refractivity contribution is -0.150. The molecule has 1 aliphatic carbocycles. The molecule has 0 unspecified atom stereocenters. The van der Waals surface area contributed by atoms with E-state index in [0.717, 1.165) is 36.9 Å². The van der Waals surface area contributed by atoms with Crippen molar-refractivity contribution in [3.05, 3.63) is 29.8 Å². The standard InChI is InChI=1S/C17H25NO2/c1-4-20-16(19)17(11-9-13(2)10-12-17)18-15-8-6-5-7-14(15)3/h5-8,13,18H,4,9-12H2,1-3H3. The minimum Gasteiger partial charge on any atom is -0.464 e. The summed E-state index contributed by atoms with van der Waals surface area (Å²) in [5, 5.41) is 3.49. The number of aryl methyl sites for hydroxylation is 1. The molecular weight excluding hydrogens is 250 g/mol. The van der Waals surface area contributed by atoms with Gasteiger partial charge in [0.15, 0.2) is 0 Å². The molecule has 0 heterocycles. The Morgan fingerprint density at radius 1 is 1.35 bits per heavy atom. The first-order valence-electron chi connectivity index (χ1n) is 7.58. The fourth-order valence-electron chi connectivity index (χ4n) is 2.88. The third kappa shape index (κ3) is 3.14. The van der Waals surface area contributed by atoms with E-state index in [4.69, 9.17) is 4.74 Å². The highest BCUT2D eigenvalue weighted by Crippen LogP contribution is 2.36. The normalized spacial score (nSPS) is 26.1. The SMILES string of the molecule is CCOC(=O)C1(Nc2ccccc2C)CCC(C)CC1. The van der Waals surface area contributed by atoms with Crippen LogP contribution < -0.4 is 5.32 Å². The highest BCUT2D eigenvalue weighted by molar-refractivity contribution is 5.85. The number of ether oxygens (including phenoxy) is 1. The zero-order valence-corrected chi connectivity index (χ0v) is 12.7. The van der Waals surface area contributed by atoms with Crippen LogP contribution in [0.25, 0.3) is 0 Å². The maximum atomic E-state index is 12.5. The van der Waals surface area contributed by atoms with E-state index in [1.807, 2.05) is 25.1 Å². The van der Waals surface area contributed by atoms with Crippen LogP contribution in [0.1, 0.15) is 45.1 Å². The van der Waals surface area contributed by atoms with Crippen LogP contribution in [0.5, 0.6) is 0 Å². The molecule has 2 rings (SSSR count). The van der Waals surface area contributed by atoms with Crippen LogP contribution in [0.2, 0.25) is 0 Å². The number of carbonyl (C=O) groups excluding carboxylic acids is 1. The Balaban J connectivity index is 2.23. The first kappa shape index (κ1) is 14.9. The Bertz CT molecular complexity index is 462. The molecule has 20 heavy (non-hydrogen) atoms. The zero-order valence-electron chi connectivity index (χ0n) is 12.7. The molecule has 0 saturated heterocycles.